The lowest BCUT2D eigenvalue weighted by Gasteiger charge is -2.31. The van der Waals surface area contributed by atoms with Crippen LogP contribution >= 0.6 is 0 Å². The third-order valence-corrected chi connectivity index (χ3v) is 5.16. The topological polar surface area (TPSA) is 20.3 Å². The summed E-state index contributed by atoms with van der Waals surface area (Å²) >= 11 is 0. The highest BCUT2D eigenvalue weighted by atomic mass is 16.2. The van der Waals surface area contributed by atoms with Crippen molar-refractivity contribution >= 4 is 5.91 Å². The average Bonchev–Trinajstić information content (AvgIpc) is 3.07. The quantitative estimate of drug-likeness (QED) is 0.774. The van der Waals surface area contributed by atoms with E-state index in [1.807, 2.05) is 17.0 Å². The monoisotopic (exact) mass is 289 g/mol. The van der Waals surface area contributed by atoms with E-state index < -0.39 is 0 Å². The molecule has 2 nitrogen and oxygen atoms in total. The maximum absolute atomic E-state index is 12.4. The molecule has 2 fully saturated rings. The first-order chi connectivity index (χ1) is 10.7. The van der Waals surface area contributed by atoms with Gasteiger partial charge in [-0.15, -0.1) is 0 Å². The van der Waals surface area contributed by atoms with Gasteiger partial charge in [0, 0.05) is 23.6 Å². The van der Waals surface area contributed by atoms with Crippen molar-refractivity contribution in [1.29, 1.82) is 0 Å². The maximum atomic E-state index is 12.4. The average molecular weight is 289 g/mol. The zero-order chi connectivity index (χ0) is 15.2. The standard InChI is InChI=1S/C20H19NO/c1-15-12-18-13-20(14-21(18)19(15)22,16-8-4-2-5-9-16)17-10-6-3-7-11-17/h2-11,18H,1,12-14H2. The van der Waals surface area contributed by atoms with Crippen LogP contribution in [-0.4, -0.2) is 23.4 Å². The second kappa shape index (κ2) is 4.84. The van der Waals surface area contributed by atoms with Gasteiger partial charge < -0.3 is 4.90 Å². The molecule has 110 valence electrons. The molecule has 0 aromatic heterocycles. The molecule has 2 heteroatoms. The summed E-state index contributed by atoms with van der Waals surface area (Å²) in [5.74, 6) is 0.138. The predicted octanol–water partition coefficient (Wildman–Crippen LogP) is 3.53. The number of nitrogens with zero attached hydrogens (tertiary/aromatic N) is 1. The van der Waals surface area contributed by atoms with Gasteiger partial charge in [0.15, 0.2) is 0 Å². The summed E-state index contributed by atoms with van der Waals surface area (Å²) in [6.45, 7) is 4.67. The van der Waals surface area contributed by atoms with E-state index in [9.17, 15) is 4.79 Å². The minimum absolute atomic E-state index is 0.0937. The lowest BCUT2D eigenvalue weighted by atomic mass is 9.72. The highest BCUT2D eigenvalue weighted by Crippen LogP contribution is 2.47. The Morgan fingerprint density at radius 2 is 1.50 bits per heavy atom. The molecule has 2 heterocycles. The fourth-order valence-electron chi connectivity index (χ4n) is 4.09. The highest BCUT2D eigenvalue weighted by molar-refractivity contribution is 5.96. The van der Waals surface area contributed by atoms with Crippen molar-refractivity contribution in [1.82, 2.24) is 4.90 Å². The Balaban J connectivity index is 1.83. The Labute approximate surface area is 131 Å². The molecule has 2 aliphatic heterocycles. The van der Waals surface area contributed by atoms with Crippen molar-refractivity contribution < 1.29 is 4.79 Å². The lowest BCUT2D eigenvalue weighted by molar-refractivity contribution is -0.125. The third-order valence-electron chi connectivity index (χ3n) is 5.16. The summed E-state index contributed by atoms with van der Waals surface area (Å²) < 4.78 is 0. The van der Waals surface area contributed by atoms with Gasteiger partial charge in [0.2, 0.25) is 5.91 Å². The second-order valence-corrected chi connectivity index (χ2v) is 6.41. The molecule has 0 aliphatic carbocycles. The van der Waals surface area contributed by atoms with E-state index in [4.69, 9.17) is 0 Å². The molecule has 4 rings (SSSR count). The number of amides is 1. The Bertz CT molecular complexity index is 680. The summed E-state index contributed by atoms with van der Waals surface area (Å²) in [6.07, 6.45) is 1.78. The Morgan fingerprint density at radius 3 is 2.00 bits per heavy atom. The molecule has 2 aliphatic rings. The number of carbonyl (C=O) groups is 1. The molecule has 2 saturated heterocycles. The van der Waals surface area contributed by atoms with Gasteiger partial charge in [-0.05, 0) is 24.0 Å². The number of carbonyl (C=O) groups excluding carboxylic acids is 1. The molecule has 0 N–H and O–H groups in total. The molecule has 0 spiro atoms. The molecule has 1 amide bonds. The fraction of sp³-hybridized carbons (Fsp3) is 0.250. The van der Waals surface area contributed by atoms with Crippen molar-refractivity contribution in [3.63, 3.8) is 0 Å². The normalized spacial score (nSPS) is 22.9. The molecule has 0 radical (unpaired) electrons. The Morgan fingerprint density at radius 1 is 0.955 bits per heavy atom. The Hall–Kier alpha value is -2.35. The van der Waals surface area contributed by atoms with Crippen LogP contribution in [0.2, 0.25) is 0 Å². The van der Waals surface area contributed by atoms with E-state index in [0.717, 1.165) is 25.0 Å². The highest BCUT2D eigenvalue weighted by Gasteiger charge is 2.51. The summed E-state index contributed by atoms with van der Waals surface area (Å²) in [6, 6.07) is 21.5. The van der Waals surface area contributed by atoms with E-state index in [-0.39, 0.29) is 11.3 Å². The number of benzene rings is 2. The van der Waals surface area contributed by atoms with Crippen molar-refractivity contribution in [3.8, 4) is 0 Å². The van der Waals surface area contributed by atoms with E-state index in [0.29, 0.717) is 6.04 Å². The zero-order valence-corrected chi connectivity index (χ0v) is 12.5. The molecule has 1 unspecified atom stereocenters. The van der Waals surface area contributed by atoms with Crippen LogP contribution < -0.4 is 0 Å². The molecule has 1 atom stereocenters. The second-order valence-electron chi connectivity index (χ2n) is 6.41. The maximum Gasteiger partial charge on any atom is 0.249 e. The third kappa shape index (κ3) is 1.83. The van der Waals surface area contributed by atoms with E-state index in [1.165, 1.54) is 11.1 Å². The molecule has 2 aromatic carbocycles. The molecule has 0 saturated carbocycles. The van der Waals surface area contributed by atoms with Gasteiger partial charge >= 0.3 is 0 Å². The van der Waals surface area contributed by atoms with E-state index in [1.54, 1.807) is 0 Å². The first-order valence-corrected chi connectivity index (χ1v) is 7.80. The molecule has 22 heavy (non-hydrogen) atoms. The van der Waals surface area contributed by atoms with Crippen molar-refractivity contribution in [3.05, 3.63) is 83.9 Å². The summed E-state index contributed by atoms with van der Waals surface area (Å²) in [5.41, 5.74) is 3.27. The number of rotatable bonds is 2. The van der Waals surface area contributed by atoms with Crippen LogP contribution in [0.15, 0.2) is 72.8 Å². The minimum atomic E-state index is -0.0937. The van der Waals surface area contributed by atoms with Crippen molar-refractivity contribution in [2.75, 3.05) is 6.54 Å². The van der Waals surface area contributed by atoms with Crippen LogP contribution in [0.5, 0.6) is 0 Å². The van der Waals surface area contributed by atoms with Gasteiger partial charge in [-0.1, -0.05) is 67.2 Å². The predicted molar refractivity (Wildman–Crippen MR) is 87.5 cm³/mol. The van der Waals surface area contributed by atoms with Crippen LogP contribution in [0.25, 0.3) is 0 Å². The van der Waals surface area contributed by atoms with Gasteiger partial charge in [-0.3, -0.25) is 4.79 Å². The Kier molecular flexibility index (Phi) is 2.93. The van der Waals surface area contributed by atoms with Crippen LogP contribution in [0.1, 0.15) is 24.0 Å². The minimum Gasteiger partial charge on any atom is -0.334 e. The summed E-state index contributed by atoms with van der Waals surface area (Å²) in [7, 11) is 0. The van der Waals surface area contributed by atoms with Gasteiger partial charge in [0.1, 0.15) is 0 Å². The van der Waals surface area contributed by atoms with Crippen LogP contribution in [0.4, 0.5) is 0 Å². The lowest BCUT2D eigenvalue weighted by Crippen LogP contribution is -2.34. The van der Waals surface area contributed by atoms with E-state index >= 15 is 0 Å². The summed E-state index contributed by atoms with van der Waals surface area (Å²) in [4.78, 5) is 14.4. The van der Waals surface area contributed by atoms with Gasteiger partial charge in [0.05, 0.1) is 0 Å². The van der Waals surface area contributed by atoms with Crippen molar-refractivity contribution in [2.45, 2.75) is 24.3 Å². The van der Waals surface area contributed by atoms with Gasteiger partial charge in [-0.2, -0.15) is 0 Å². The SMILES string of the molecule is C=C1CC2CC(c3ccccc3)(c3ccccc3)CN2C1=O. The van der Waals surface area contributed by atoms with Gasteiger partial charge in [0.25, 0.3) is 0 Å². The summed E-state index contributed by atoms with van der Waals surface area (Å²) in [5, 5.41) is 0. The van der Waals surface area contributed by atoms with Gasteiger partial charge in [-0.25, -0.2) is 0 Å². The molecular weight excluding hydrogens is 270 g/mol. The van der Waals surface area contributed by atoms with Crippen molar-refractivity contribution in [2.24, 2.45) is 0 Å². The largest absolute Gasteiger partial charge is 0.334 e. The number of hydrogen-bond donors (Lipinski definition) is 0. The van der Waals surface area contributed by atoms with Crippen LogP contribution in [0.3, 0.4) is 0 Å². The van der Waals surface area contributed by atoms with E-state index in [2.05, 4.69) is 55.1 Å². The molecule has 0 bridgehead atoms. The molecular formula is C20H19NO. The zero-order valence-electron chi connectivity index (χ0n) is 12.5. The number of fused-ring (bicyclic) bond motifs is 1. The van der Waals surface area contributed by atoms with Crippen LogP contribution in [0, 0.1) is 0 Å². The molecule has 2 aromatic rings. The first kappa shape index (κ1) is 13.3. The number of hydrogen-bond acceptors (Lipinski definition) is 1. The van der Waals surface area contributed by atoms with Crippen LogP contribution in [-0.2, 0) is 10.2 Å². The smallest absolute Gasteiger partial charge is 0.249 e. The fourth-order valence-corrected chi connectivity index (χ4v) is 4.09. The first-order valence-electron chi connectivity index (χ1n) is 7.80.